The van der Waals surface area contributed by atoms with Gasteiger partial charge in [-0.1, -0.05) is 6.07 Å². The van der Waals surface area contributed by atoms with Crippen LogP contribution >= 0.6 is 0 Å². The van der Waals surface area contributed by atoms with Gasteiger partial charge in [0.25, 0.3) is 5.91 Å². The minimum absolute atomic E-state index is 0.0109. The largest absolute Gasteiger partial charge is 0.351 e. The van der Waals surface area contributed by atoms with E-state index in [4.69, 9.17) is 0 Å². The quantitative estimate of drug-likeness (QED) is 0.842. The topological polar surface area (TPSA) is 58.2 Å². The van der Waals surface area contributed by atoms with Crippen LogP contribution in [0.15, 0.2) is 24.3 Å². The zero-order chi connectivity index (χ0) is 17.7. The van der Waals surface area contributed by atoms with Gasteiger partial charge in [0.15, 0.2) is 0 Å². The van der Waals surface area contributed by atoms with E-state index in [1.54, 1.807) is 6.07 Å². The molecular weight excluding hydrogens is 324 g/mol. The fourth-order valence-corrected chi connectivity index (χ4v) is 6.20. The molecule has 0 heterocycles. The van der Waals surface area contributed by atoms with Gasteiger partial charge in [0.1, 0.15) is 0 Å². The summed E-state index contributed by atoms with van der Waals surface area (Å²) in [5.74, 6) is 2.94. The number of carbonyl (C=O) groups excluding carboxylic acids is 2. The Bertz CT molecular complexity index is 702. The van der Waals surface area contributed by atoms with Crippen molar-refractivity contribution in [2.24, 2.45) is 29.1 Å². The summed E-state index contributed by atoms with van der Waals surface area (Å²) in [4.78, 5) is 24.6. The lowest BCUT2D eigenvalue weighted by Crippen LogP contribution is -2.51. The number of amides is 2. The summed E-state index contributed by atoms with van der Waals surface area (Å²) in [6.07, 6.45) is 10.2. The van der Waals surface area contributed by atoms with Crippen LogP contribution in [0.5, 0.6) is 0 Å². The van der Waals surface area contributed by atoms with E-state index in [-0.39, 0.29) is 17.7 Å². The molecule has 0 atom stereocenters. The van der Waals surface area contributed by atoms with Crippen molar-refractivity contribution in [2.45, 2.75) is 51.4 Å². The molecule has 6 rings (SSSR count). The molecule has 2 N–H and O–H groups in total. The highest BCUT2D eigenvalue weighted by Crippen LogP contribution is 2.59. The van der Waals surface area contributed by atoms with E-state index in [9.17, 15) is 9.59 Å². The molecule has 0 spiro atoms. The maximum absolute atomic E-state index is 12.7. The molecule has 0 unspecified atom stereocenters. The van der Waals surface area contributed by atoms with Crippen LogP contribution < -0.4 is 10.6 Å². The lowest BCUT2D eigenvalue weighted by Gasteiger charge is -2.56. The Morgan fingerprint density at radius 1 is 1.00 bits per heavy atom. The molecule has 0 radical (unpaired) electrons. The van der Waals surface area contributed by atoms with Gasteiger partial charge in [-0.3, -0.25) is 9.59 Å². The summed E-state index contributed by atoms with van der Waals surface area (Å²) in [6.45, 7) is 0.813. The molecule has 4 bridgehead atoms. The number of hydrogen-bond donors (Lipinski definition) is 2. The molecule has 1 aromatic rings. The van der Waals surface area contributed by atoms with E-state index in [2.05, 4.69) is 10.6 Å². The molecule has 5 fully saturated rings. The van der Waals surface area contributed by atoms with Gasteiger partial charge in [-0.2, -0.15) is 0 Å². The van der Waals surface area contributed by atoms with E-state index < -0.39 is 0 Å². The molecule has 5 saturated carbocycles. The fourth-order valence-electron chi connectivity index (χ4n) is 6.20. The monoisotopic (exact) mass is 352 g/mol. The van der Waals surface area contributed by atoms with Gasteiger partial charge >= 0.3 is 0 Å². The minimum Gasteiger partial charge on any atom is -0.351 e. The molecule has 1 aromatic carbocycles. The van der Waals surface area contributed by atoms with Crippen molar-refractivity contribution in [3.63, 3.8) is 0 Å². The highest BCUT2D eigenvalue weighted by molar-refractivity contribution is 5.98. The summed E-state index contributed by atoms with van der Waals surface area (Å²) in [6, 6.07) is 7.34. The summed E-state index contributed by atoms with van der Waals surface area (Å²) in [5.41, 5.74) is 1.72. The lowest BCUT2D eigenvalue weighted by atomic mass is 9.49. The average Bonchev–Trinajstić information content (AvgIpc) is 3.44. The van der Waals surface area contributed by atoms with Crippen molar-refractivity contribution in [1.29, 1.82) is 0 Å². The number of rotatable bonds is 5. The van der Waals surface area contributed by atoms with Gasteiger partial charge in [0.05, 0.1) is 0 Å². The molecule has 26 heavy (non-hydrogen) atoms. The lowest BCUT2D eigenvalue weighted by molar-refractivity contribution is -0.117. The van der Waals surface area contributed by atoms with Crippen molar-refractivity contribution in [2.75, 3.05) is 11.9 Å². The van der Waals surface area contributed by atoms with E-state index in [0.717, 1.165) is 42.8 Å². The summed E-state index contributed by atoms with van der Waals surface area (Å²) < 4.78 is 0. The third-order valence-corrected chi connectivity index (χ3v) is 7.13. The van der Waals surface area contributed by atoms with Gasteiger partial charge in [-0.15, -0.1) is 0 Å². The first-order valence-electron chi connectivity index (χ1n) is 10.3. The van der Waals surface area contributed by atoms with Gasteiger partial charge in [0.2, 0.25) is 5.91 Å². The van der Waals surface area contributed by atoms with Crippen LogP contribution in [0.2, 0.25) is 0 Å². The zero-order valence-electron chi connectivity index (χ0n) is 15.3. The van der Waals surface area contributed by atoms with Gasteiger partial charge < -0.3 is 10.6 Å². The highest BCUT2D eigenvalue weighted by Gasteiger charge is 2.50. The molecule has 0 aromatic heterocycles. The highest BCUT2D eigenvalue weighted by atomic mass is 16.2. The normalized spacial score (nSPS) is 34.5. The van der Waals surface area contributed by atoms with Gasteiger partial charge in [-0.05, 0) is 92.7 Å². The number of benzene rings is 1. The number of carbonyl (C=O) groups is 2. The first kappa shape index (κ1) is 16.3. The van der Waals surface area contributed by atoms with Crippen LogP contribution in [0.25, 0.3) is 0 Å². The van der Waals surface area contributed by atoms with Crippen molar-refractivity contribution in [3.05, 3.63) is 29.8 Å². The van der Waals surface area contributed by atoms with Gasteiger partial charge in [-0.25, -0.2) is 0 Å². The maximum atomic E-state index is 12.7. The summed E-state index contributed by atoms with van der Waals surface area (Å²) >= 11 is 0. The molecule has 4 nitrogen and oxygen atoms in total. The van der Waals surface area contributed by atoms with E-state index in [1.165, 1.54) is 38.5 Å². The van der Waals surface area contributed by atoms with Crippen LogP contribution in [0.1, 0.15) is 61.7 Å². The molecular formula is C22H28N2O2. The Kier molecular flexibility index (Phi) is 3.84. The molecule has 0 saturated heterocycles. The van der Waals surface area contributed by atoms with Crippen molar-refractivity contribution >= 4 is 17.5 Å². The predicted octanol–water partition coefficient (Wildman–Crippen LogP) is 3.98. The van der Waals surface area contributed by atoms with Crippen LogP contribution in [0.4, 0.5) is 5.69 Å². The molecule has 138 valence electrons. The van der Waals surface area contributed by atoms with Gasteiger partial charge in [0, 0.05) is 23.7 Å². The number of anilines is 1. The maximum Gasteiger partial charge on any atom is 0.251 e. The smallest absolute Gasteiger partial charge is 0.251 e. The molecule has 5 aliphatic carbocycles. The summed E-state index contributed by atoms with van der Waals surface area (Å²) in [7, 11) is 0. The van der Waals surface area contributed by atoms with Crippen LogP contribution in [-0.4, -0.2) is 18.4 Å². The Morgan fingerprint density at radius 2 is 1.65 bits per heavy atom. The molecule has 2 amide bonds. The van der Waals surface area contributed by atoms with Crippen LogP contribution in [-0.2, 0) is 4.79 Å². The average molecular weight is 352 g/mol. The Hall–Kier alpha value is -1.84. The predicted molar refractivity (Wildman–Crippen MR) is 101 cm³/mol. The first-order valence-corrected chi connectivity index (χ1v) is 10.3. The second-order valence-corrected chi connectivity index (χ2v) is 9.44. The standard InChI is InChI=1S/C22H28N2O2/c25-20(18-2-1-3-19(9-18)24-21(26)17-4-5-17)23-13-22-10-14-6-15(11-22)8-16(7-14)12-22/h1-3,9,14-17H,4-8,10-13H2,(H,23,25)(H,24,26). The molecule has 0 aliphatic heterocycles. The SMILES string of the molecule is O=C(NCC12CC3CC(CC(C3)C1)C2)c1cccc(NC(=O)C2CC2)c1. The Balaban J connectivity index is 1.22. The zero-order valence-corrected chi connectivity index (χ0v) is 15.3. The number of nitrogens with one attached hydrogen (secondary N) is 2. The van der Waals surface area contributed by atoms with Crippen molar-refractivity contribution in [3.8, 4) is 0 Å². The second kappa shape index (κ2) is 6.11. The minimum atomic E-state index is -0.0109. The third kappa shape index (κ3) is 3.15. The van der Waals surface area contributed by atoms with Crippen LogP contribution in [0.3, 0.4) is 0 Å². The van der Waals surface area contributed by atoms with E-state index in [0.29, 0.717) is 11.0 Å². The summed E-state index contributed by atoms with van der Waals surface area (Å²) in [5, 5.41) is 6.15. The van der Waals surface area contributed by atoms with Crippen molar-refractivity contribution in [1.82, 2.24) is 5.32 Å². The van der Waals surface area contributed by atoms with E-state index in [1.807, 2.05) is 18.2 Å². The second-order valence-electron chi connectivity index (χ2n) is 9.44. The molecule has 5 aliphatic rings. The Labute approximate surface area is 155 Å². The Morgan fingerprint density at radius 3 is 2.27 bits per heavy atom. The van der Waals surface area contributed by atoms with E-state index >= 15 is 0 Å². The van der Waals surface area contributed by atoms with Crippen LogP contribution in [0, 0.1) is 29.1 Å². The third-order valence-electron chi connectivity index (χ3n) is 7.13. The number of hydrogen-bond acceptors (Lipinski definition) is 2. The van der Waals surface area contributed by atoms with Crippen molar-refractivity contribution < 1.29 is 9.59 Å². The fraction of sp³-hybridized carbons (Fsp3) is 0.636. The molecule has 4 heteroatoms. The first-order chi connectivity index (χ1) is 12.6.